The van der Waals surface area contributed by atoms with E-state index in [4.69, 9.17) is 4.74 Å². The second kappa shape index (κ2) is 6.75. The molecule has 1 N–H and O–H groups in total. The van der Waals surface area contributed by atoms with Gasteiger partial charge in [0.05, 0.1) is 0 Å². The van der Waals surface area contributed by atoms with Gasteiger partial charge in [0, 0.05) is 23.8 Å². The number of hydrogen-bond donors (Lipinski definition) is 1. The molecule has 2 rings (SSSR count). The van der Waals surface area contributed by atoms with Crippen molar-refractivity contribution in [2.75, 3.05) is 19.7 Å². The molecule has 104 valence electrons. The summed E-state index contributed by atoms with van der Waals surface area (Å²) < 4.78 is 5.79. The highest BCUT2D eigenvalue weighted by atomic mass is 79.9. The molecule has 1 saturated heterocycles. The van der Waals surface area contributed by atoms with Gasteiger partial charge in [0.15, 0.2) is 6.61 Å². The van der Waals surface area contributed by atoms with Crippen molar-refractivity contribution in [2.24, 2.45) is 0 Å². The van der Waals surface area contributed by atoms with E-state index >= 15 is 0 Å². The predicted octanol–water partition coefficient (Wildman–Crippen LogP) is 2.34. The van der Waals surface area contributed by atoms with Gasteiger partial charge in [-0.15, -0.1) is 0 Å². The van der Waals surface area contributed by atoms with Crippen LogP contribution in [0.1, 0.15) is 36.2 Å². The summed E-state index contributed by atoms with van der Waals surface area (Å²) in [5.41, 5.74) is 0.343. The van der Waals surface area contributed by atoms with Crippen LogP contribution in [-0.2, 0) is 9.53 Å². The molecular weight excluding hydrogens is 312 g/mol. The summed E-state index contributed by atoms with van der Waals surface area (Å²) in [5.74, 6) is -0.616. The molecule has 0 unspecified atom stereocenters. The van der Waals surface area contributed by atoms with E-state index in [1.807, 2.05) is 0 Å². The lowest BCUT2D eigenvalue weighted by Crippen LogP contribution is -2.35. The lowest BCUT2D eigenvalue weighted by molar-refractivity contribution is -0.134. The van der Waals surface area contributed by atoms with E-state index in [2.05, 4.69) is 20.9 Å². The summed E-state index contributed by atoms with van der Waals surface area (Å²) in [6.07, 6.45) is 6.04. The third kappa shape index (κ3) is 4.09. The molecule has 1 aromatic heterocycles. The summed E-state index contributed by atoms with van der Waals surface area (Å²) in [7, 11) is 0. The van der Waals surface area contributed by atoms with Gasteiger partial charge in [-0.3, -0.25) is 4.79 Å². The van der Waals surface area contributed by atoms with Gasteiger partial charge in [-0.05, 0) is 34.8 Å². The number of aromatic amines is 1. The summed E-state index contributed by atoms with van der Waals surface area (Å²) in [6, 6.07) is 1.62. The largest absolute Gasteiger partial charge is 0.451 e. The molecule has 1 aromatic rings. The predicted molar refractivity (Wildman–Crippen MR) is 73.8 cm³/mol. The standard InChI is InChI=1S/C13H17BrN2O3/c14-10-7-11(15-8-10)13(18)19-9-12(17)16-5-3-1-2-4-6-16/h7-8,15H,1-6,9H2. The highest BCUT2D eigenvalue weighted by molar-refractivity contribution is 9.10. The van der Waals surface area contributed by atoms with E-state index in [1.54, 1.807) is 17.2 Å². The molecule has 1 aliphatic rings. The minimum absolute atomic E-state index is 0.110. The number of hydrogen-bond acceptors (Lipinski definition) is 3. The molecule has 2 heterocycles. The second-order valence-electron chi connectivity index (χ2n) is 4.60. The molecule has 1 aliphatic heterocycles. The Morgan fingerprint density at radius 1 is 1.26 bits per heavy atom. The van der Waals surface area contributed by atoms with Crippen LogP contribution in [0.3, 0.4) is 0 Å². The molecule has 1 fully saturated rings. The quantitative estimate of drug-likeness (QED) is 0.866. The minimum Gasteiger partial charge on any atom is -0.451 e. The Labute approximate surface area is 120 Å². The number of ether oxygens (including phenoxy) is 1. The molecule has 0 atom stereocenters. The van der Waals surface area contributed by atoms with Crippen LogP contribution in [-0.4, -0.2) is 41.5 Å². The number of H-pyrrole nitrogens is 1. The average Bonchev–Trinajstić information content (AvgIpc) is 2.68. The summed E-state index contributed by atoms with van der Waals surface area (Å²) >= 11 is 3.24. The molecule has 0 aromatic carbocycles. The smallest absolute Gasteiger partial charge is 0.355 e. The first-order valence-electron chi connectivity index (χ1n) is 6.45. The number of likely N-dealkylation sites (tertiary alicyclic amines) is 1. The zero-order chi connectivity index (χ0) is 13.7. The number of nitrogens with zero attached hydrogens (tertiary/aromatic N) is 1. The molecule has 0 spiro atoms. The Balaban J connectivity index is 1.81. The Kier molecular flexibility index (Phi) is 5.01. The number of rotatable bonds is 3. The SMILES string of the molecule is O=C(OCC(=O)N1CCCCCC1)c1cc(Br)c[nH]1. The van der Waals surface area contributed by atoms with Crippen LogP contribution in [0, 0.1) is 0 Å². The van der Waals surface area contributed by atoms with Crippen LogP contribution < -0.4 is 0 Å². The maximum Gasteiger partial charge on any atom is 0.355 e. The van der Waals surface area contributed by atoms with E-state index in [9.17, 15) is 9.59 Å². The monoisotopic (exact) mass is 328 g/mol. The number of esters is 1. The number of amides is 1. The number of carbonyl (C=O) groups is 2. The molecule has 5 nitrogen and oxygen atoms in total. The lowest BCUT2D eigenvalue weighted by Gasteiger charge is -2.19. The third-order valence-electron chi connectivity index (χ3n) is 3.15. The molecular formula is C13H17BrN2O3. The second-order valence-corrected chi connectivity index (χ2v) is 5.52. The van der Waals surface area contributed by atoms with Gasteiger partial charge in [-0.2, -0.15) is 0 Å². The average molecular weight is 329 g/mol. The molecule has 0 radical (unpaired) electrons. The van der Waals surface area contributed by atoms with Crippen molar-refractivity contribution >= 4 is 27.8 Å². The van der Waals surface area contributed by atoms with E-state index in [-0.39, 0.29) is 12.5 Å². The topological polar surface area (TPSA) is 62.4 Å². The third-order valence-corrected chi connectivity index (χ3v) is 3.61. The van der Waals surface area contributed by atoms with Gasteiger partial charge in [-0.1, -0.05) is 12.8 Å². The fourth-order valence-corrected chi connectivity index (χ4v) is 2.45. The molecule has 6 heteroatoms. The van der Waals surface area contributed by atoms with Crippen molar-refractivity contribution in [1.82, 2.24) is 9.88 Å². The Hall–Kier alpha value is -1.30. The first kappa shape index (κ1) is 14.1. The van der Waals surface area contributed by atoms with E-state index < -0.39 is 5.97 Å². The maximum absolute atomic E-state index is 11.9. The van der Waals surface area contributed by atoms with Crippen molar-refractivity contribution in [2.45, 2.75) is 25.7 Å². The van der Waals surface area contributed by atoms with Crippen LogP contribution in [0.15, 0.2) is 16.7 Å². The van der Waals surface area contributed by atoms with Gasteiger partial charge < -0.3 is 14.6 Å². The van der Waals surface area contributed by atoms with Crippen LogP contribution >= 0.6 is 15.9 Å². The normalized spacial score (nSPS) is 15.9. The van der Waals surface area contributed by atoms with Crippen molar-refractivity contribution in [3.63, 3.8) is 0 Å². The lowest BCUT2D eigenvalue weighted by atomic mass is 10.2. The number of halogens is 1. The maximum atomic E-state index is 11.9. The summed E-state index contributed by atoms with van der Waals surface area (Å²) in [6.45, 7) is 1.35. The van der Waals surface area contributed by atoms with Crippen molar-refractivity contribution in [3.05, 3.63) is 22.4 Å². The number of nitrogens with one attached hydrogen (secondary N) is 1. The van der Waals surface area contributed by atoms with E-state index in [0.29, 0.717) is 5.69 Å². The fraction of sp³-hybridized carbons (Fsp3) is 0.538. The number of aromatic nitrogens is 1. The van der Waals surface area contributed by atoms with Gasteiger partial charge in [-0.25, -0.2) is 4.79 Å². The summed E-state index contributed by atoms with van der Waals surface area (Å²) in [5, 5.41) is 0. The highest BCUT2D eigenvalue weighted by Gasteiger charge is 2.18. The molecule has 19 heavy (non-hydrogen) atoms. The van der Waals surface area contributed by atoms with Gasteiger partial charge in [0.2, 0.25) is 0 Å². The van der Waals surface area contributed by atoms with Crippen LogP contribution in [0.25, 0.3) is 0 Å². The van der Waals surface area contributed by atoms with E-state index in [0.717, 1.165) is 30.4 Å². The van der Waals surface area contributed by atoms with Crippen molar-refractivity contribution in [1.29, 1.82) is 0 Å². The molecule has 0 aliphatic carbocycles. The number of carbonyl (C=O) groups excluding carboxylic acids is 2. The van der Waals surface area contributed by atoms with Crippen LogP contribution in [0.5, 0.6) is 0 Å². The van der Waals surface area contributed by atoms with E-state index in [1.165, 1.54) is 12.8 Å². The van der Waals surface area contributed by atoms with Gasteiger partial charge in [0.25, 0.3) is 5.91 Å². The molecule has 1 amide bonds. The zero-order valence-electron chi connectivity index (χ0n) is 10.7. The first-order chi connectivity index (χ1) is 9.16. The van der Waals surface area contributed by atoms with Crippen molar-refractivity contribution < 1.29 is 14.3 Å². The van der Waals surface area contributed by atoms with Gasteiger partial charge in [0.1, 0.15) is 5.69 Å². The highest BCUT2D eigenvalue weighted by Crippen LogP contribution is 2.12. The fourth-order valence-electron chi connectivity index (χ4n) is 2.10. The van der Waals surface area contributed by atoms with Crippen LogP contribution in [0.2, 0.25) is 0 Å². The Morgan fingerprint density at radius 3 is 2.53 bits per heavy atom. The minimum atomic E-state index is -0.506. The zero-order valence-corrected chi connectivity index (χ0v) is 12.2. The van der Waals surface area contributed by atoms with Crippen molar-refractivity contribution in [3.8, 4) is 0 Å². The van der Waals surface area contributed by atoms with Gasteiger partial charge >= 0.3 is 5.97 Å². The molecule has 0 saturated carbocycles. The molecule has 0 bridgehead atoms. The first-order valence-corrected chi connectivity index (χ1v) is 7.25. The summed E-state index contributed by atoms with van der Waals surface area (Å²) in [4.78, 5) is 28.1. The van der Waals surface area contributed by atoms with Crippen LogP contribution in [0.4, 0.5) is 0 Å². The Bertz CT molecular complexity index is 450. The Morgan fingerprint density at radius 2 is 1.95 bits per heavy atom.